The highest BCUT2D eigenvalue weighted by Crippen LogP contribution is 2.48. The lowest BCUT2D eigenvalue weighted by Gasteiger charge is -2.15. The summed E-state index contributed by atoms with van der Waals surface area (Å²) in [6, 6.07) is 7.07. The number of nitrogens with one attached hydrogen (secondary N) is 1. The minimum absolute atomic E-state index is 0.207. The highest BCUT2D eigenvalue weighted by molar-refractivity contribution is 7.91. The van der Waals surface area contributed by atoms with Crippen LogP contribution in [0.15, 0.2) is 29.2 Å². The van der Waals surface area contributed by atoms with Crippen LogP contribution < -0.4 is 5.32 Å². The molecule has 2 rings (SSSR count). The van der Waals surface area contributed by atoms with Crippen LogP contribution in [0.5, 0.6) is 0 Å². The fourth-order valence-corrected chi connectivity index (χ4v) is 4.07. The van der Waals surface area contributed by atoms with Gasteiger partial charge in [0.05, 0.1) is 10.6 Å². The normalized spacial score (nSPS) is 16.9. The van der Waals surface area contributed by atoms with Gasteiger partial charge in [-0.1, -0.05) is 6.92 Å². The van der Waals surface area contributed by atoms with Crippen molar-refractivity contribution in [1.29, 1.82) is 0 Å². The monoisotopic (exact) mass is 315 g/mol. The van der Waals surface area contributed by atoms with Gasteiger partial charge in [-0.2, -0.15) is 0 Å². The van der Waals surface area contributed by atoms with Crippen molar-refractivity contribution in [1.82, 2.24) is 0 Å². The van der Waals surface area contributed by atoms with E-state index >= 15 is 0 Å². The summed E-state index contributed by atoms with van der Waals surface area (Å²) in [5.74, 6) is 0.911. The summed E-state index contributed by atoms with van der Waals surface area (Å²) < 4.78 is 23.8. The van der Waals surface area contributed by atoms with Crippen molar-refractivity contribution in [2.75, 3.05) is 23.5 Å². The van der Waals surface area contributed by atoms with E-state index in [4.69, 9.17) is 11.6 Å². The van der Waals surface area contributed by atoms with Gasteiger partial charge < -0.3 is 5.32 Å². The van der Waals surface area contributed by atoms with E-state index in [0.717, 1.165) is 18.7 Å². The molecule has 0 spiro atoms. The van der Waals surface area contributed by atoms with E-state index in [9.17, 15) is 8.42 Å². The average Bonchev–Trinajstić information content (AvgIpc) is 3.18. The van der Waals surface area contributed by atoms with Crippen LogP contribution in [0, 0.1) is 5.41 Å². The Bertz CT molecular complexity index is 535. The van der Waals surface area contributed by atoms with Gasteiger partial charge in [0.25, 0.3) is 0 Å². The standard InChI is InChI=1S/C15H22ClNO2S/c1-2-11-20(18,19)14-5-3-13(4-6-14)17-12-15(7-8-15)9-10-16/h3-6,17H,2,7-12H2,1H3. The molecule has 20 heavy (non-hydrogen) atoms. The van der Waals surface area contributed by atoms with Crippen molar-refractivity contribution in [3.05, 3.63) is 24.3 Å². The molecule has 0 atom stereocenters. The van der Waals surface area contributed by atoms with Crippen LogP contribution in [-0.2, 0) is 9.84 Å². The largest absolute Gasteiger partial charge is 0.384 e. The summed E-state index contributed by atoms with van der Waals surface area (Å²) in [6.07, 6.45) is 4.15. The molecule has 1 aromatic rings. The molecule has 1 aliphatic carbocycles. The van der Waals surface area contributed by atoms with Gasteiger partial charge in [0, 0.05) is 18.1 Å². The molecule has 1 fully saturated rings. The third kappa shape index (κ3) is 3.89. The Morgan fingerprint density at radius 3 is 2.40 bits per heavy atom. The van der Waals surface area contributed by atoms with Crippen LogP contribution in [-0.4, -0.2) is 26.6 Å². The Morgan fingerprint density at radius 1 is 1.25 bits per heavy atom. The fraction of sp³-hybridized carbons (Fsp3) is 0.600. The van der Waals surface area contributed by atoms with E-state index in [-0.39, 0.29) is 5.75 Å². The lowest BCUT2D eigenvalue weighted by Crippen LogP contribution is -2.16. The SMILES string of the molecule is CCCS(=O)(=O)c1ccc(NCC2(CCCl)CC2)cc1. The topological polar surface area (TPSA) is 46.2 Å². The molecule has 0 unspecified atom stereocenters. The summed E-state index contributed by atoms with van der Waals surface area (Å²) in [6.45, 7) is 2.79. The van der Waals surface area contributed by atoms with E-state index < -0.39 is 9.84 Å². The quantitative estimate of drug-likeness (QED) is 0.744. The van der Waals surface area contributed by atoms with Gasteiger partial charge in [-0.15, -0.1) is 11.6 Å². The molecule has 5 heteroatoms. The molecule has 3 nitrogen and oxygen atoms in total. The minimum atomic E-state index is -3.11. The number of hydrogen-bond donors (Lipinski definition) is 1. The molecular formula is C15H22ClNO2S. The Balaban J connectivity index is 1.95. The Morgan fingerprint density at radius 2 is 1.90 bits per heavy atom. The smallest absolute Gasteiger partial charge is 0.178 e. The van der Waals surface area contributed by atoms with Crippen LogP contribution in [0.2, 0.25) is 0 Å². The highest BCUT2D eigenvalue weighted by atomic mass is 35.5. The molecule has 112 valence electrons. The molecule has 0 aromatic heterocycles. The van der Waals surface area contributed by atoms with Crippen LogP contribution in [0.4, 0.5) is 5.69 Å². The number of benzene rings is 1. The van der Waals surface area contributed by atoms with E-state index in [0.29, 0.717) is 22.6 Å². The molecule has 1 aliphatic rings. The molecule has 0 saturated heterocycles. The van der Waals surface area contributed by atoms with Crippen molar-refractivity contribution in [2.45, 2.75) is 37.5 Å². The second-order valence-corrected chi connectivity index (χ2v) is 8.12. The first-order valence-corrected chi connectivity index (χ1v) is 9.33. The number of anilines is 1. The molecule has 1 N–H and O–H groups in total. The van der Waals surface area contributed by atoms with Gasteiger partial charge in [0.2, 0.25) is 0 Å². The predicted molar refractivity (Wildman–Crippen MR) is 84.3 cm³/mol. The maximum atomic E-state index is 11.9. The Labute approximate surface area is 126 Å². The van der Waals surface area contributed by atoms with Gasteiger partial charge in [-0.3, -0.25) is 0 Å². The first-order chi connectivity index (χ1) is 9.51. The van der Waals surface area contributed by atoms with Crippen molar-refractivity contribution in [2.24, 2.45) is 5.41 Å². The molecule has 0 bridgehead atoms. The zero-order valence-electron chi connectivity index (χ0n) is 11.9. The molecule has 1 aromatic carbocycles. The second-order valence-electron chi connectivity index (χ2n) is 5.64. The fourth-order valence-electron chi connectivity index (χ4n) is 2.35. The summed E-state index contributed by atoms with van der Waals surface area (Å²) in [5.41, 5.74) is 1.34. The van der Waals surface area contributed by atoms with Crippen LogP contribution in [0.3, 0.4) is 0 Å². The molecule has 0 radical (unpaired) electrons. The van der Waals surface area contributed by atoms with E-state index in [2.05, 4.69) is 5.32 Å². The van der Waals surface area contributed by atoms with Gasteiger partial charge in [0.15, 0.2) is 9.84 Å². The summed E-state index contributed by atoms with van der Waals surface area (Å²) in [4.78, 5) is 0.409. The zero-order valence-corrected chi connectivity index (χ0v) is 13.4. The third-order valence-electron chi connectivity index (χ3n) is 3.94. The average molecular weight is 316 g/mol. The van der Waals surface area contributed by atoms with Crippen LogP contribution >= 0.6 is 11.6 Å². The zero-order chi connectivity index (χ0) is 14.6. The molecule has 0 heterocycles. The van der Waals surface area contributed by atoms with Gasteiger partial charge in [-0.25, -0.2) is 8.42 Å². The predicted octanol–water partition coefficient (Wildman–Crippen LogP) is 3.69. The summed E-state index contributed by atoms with van der Waals surface area (Å²) in [5, 5.41) is 3.39. The Kier molecular flexibility index (Phi) is 4.97. The minimum Gasteiger partial charge on any atom is -0.384 e. The van der Waals surface area contributed by atoms with Crippen molar-refractivity contribution in [3.8, 4) is 0 Å². The van der Waals surface area contributed by atoms with Gasteiger partial charge in [0.1, 0.15) is 0 Å². The number of alkyl halides is 1. The van der Waals surface area contributed by atoms with Crippen LogP contribution in [0.25, 0.3) is 0 Å². The van der Waals surface area contributed by atoms with Crippen molar-refractivity contribution >= 4 is 27.1 Å². The maximum absolute atomic E-state index is 11.9. The molecular weight excluding hydrogens is 294 g/mol. The third-order valence-corrected chi connectivity index (χ3v) is 6.06. The molecule has 1 saturated carbocycles. The highest BCUT2D eigenvalue weighted by Gasteiger charge is 2.41. The van der Waals surface area contributed by atoms with E-state index in [1.165, 1.54) is 12.8 Å². The van der Waals surface area contributed by atoms with Crippen molar-refractivity contribution in [3.63, 3.8) is 0 Å². The summed E-state index contributed by atoms with van der Waals surface area (Å²) >= 11 is 5.81. The number of hydrogen-bond acceptors (Lipinski definition) is 3. The lowest BCUT2D eigenvalue weighted by atomic mass is 10.0. The maximum Gasteiger partial charge on any atom is 0.178 e. The number of sulfone groups is 1. The van der Waals surface area contributed by atoms with E-state index in [1.54, 1.807) is 12.1 Å². The summed E-state index contributed by atoms with van der Waals surface area (Å²) in [7, 11) is -3.11. The van der Waals surface area contributed by atoms with E-state index in [1.807, 2.05) is 19.1 Å². The second kappa shape index (κ2) is 6.35. The lowest BCUT2D eigenvalue weighted by molar-refractivity contribution is 0.525. The Hall–Kier alpha value is -0.740. The van der Waals surface area contributed by atoms with Crippen molar-refractivity contribution < 1.29 is 8.42 Å². The number of halogens is 1. The van der Waals surface area contributed by atoms with Gasteiger partial charge >= 0.3 is 0 Å². The van der Waals surface area contributed by atoms with Gasteiger partial charge in [-0.05, 0) is 55.4 Å². The number of rotatable bonds is 8. The molecule has 0 aliphatic heterocycles. The first-order valence-electron chi connectivity index (χ1n) is 7.14. The molecule has 0 amide bonds. The van der Waals surface area contributed by atoms with Crippen LogP contribution in [0.1, 0.15) is 32.6 Å². The first kappa shape index (κ1) is 15.6.